The molecule has 1 unspecified atom stereocenters. The van der Waals surface area contributed by atoms with Crippen LogP contribution < -0.4 is 5.32 Å². The third kappa shape index (κ3) is 4.11. The van der Waals surface area contributed by atoms with E-state index in [4.69, 9.17) is 0 Å². The van der Waals surface area contributed by atoms with Gasteiger partial charge in [-0.1, -0.05) is 28.1 Å². The Morgan fingerprint density at radius 2 is 2.16 bits per heavy atom. The molecule has 0 aliphatic heterocycles. The van der Waals surface area contributed by atoms with Crippen molar-refractivity contribution in [1.29, 1.82) is 0 Å². The molecule has 1 aromatic carbocycles. The quantitative estimate of drug-likeness (QED) is 0.913. The molecule has 0 spiro atoms. The van der Waals surface area contributed by atoms with Gasteiger partial charge in [-0.2, -0.15) is 0 Å². The first-order valence-electron chi connectivity index (χ1n) is 6.19. The molecule has 0 aliphatic carbocycles. The molecule has 0 saturated heterocycles. The van der Waals surface area contributed by atoms with Crippen LogP contribution in [0.5, 0.6) is 0 Å². The first kappa shape index (κ1) is 14.2. The van der Waals surface area contributed by atoms with Crippen molar-refractivity contribution in [2.75, 3.05) is 7.05 Å². The van der Waals surface area contributed by atoms with Crippen molar-refractivity contribution in [3.63, 3.8) is 0 Å². The Balaban J connectivity index is 2.06. The fraction of sp³-hybridized carbons (Fsp3) is 0.267. The van der Waals surface area contributed by atoms with Crippen molar-refractivity contribution < 1.29 is 4.39 Å². The number of rotatable bonds is 5. The lowest BCUT2D eigenvalue weighted by Crippen LogP contribution is -2.30. The molecule has 0 radical (unpaired) electrons. The van der Waals surface area contributed by atoms with Crippen molar-refractivity contribution in [3.8, 4) is 0 Å². The summed E-state index contributed by atoms with van der Waals surface area (Å²) in [4.78, 5) is 4.12. The molecule has 0 saturated carbocycles. The molecular weight excluding hydrogens is 307 g/mol. The summed E-state index contributed by atoms with van der Waals surface area (Å²) in [5.74, 6) is -0.219. The highest BCUT2D eigenvalue weighted by Crippen LogP contribution is 2.20. The van der Waals surface area contributed by atoms with E-state index in [1.165, 1.54) is 17.7 Å². The molecule has 0 fully saturated rings. The van der Waals surface area contributed by atoms with Gasteiger partial charge in [-0.15, -0.1) is 0 Å². The minimum absolute atomic E-state index is 0.219. The molecule has 1 heterocycles. The van der Waals surface area contributed by atoms with E-state index in [0.29, 0.717) is 6.04 Å². The fourth-order valence-corrected chi connectivity index (χ4v) is 2.55. The van der Waals surface area contributed by atoms with Gasteiger partial charge in [-0.3, -0.25) is 4.98 Å². The molecule has 2 rings (SSSR count). The maximum absolute atomic E-state index is 13.1. The van der Waals surface area contributed by atoms with Crippen LogP contribution >= 0.6 is 15.9 Å². The Morgan fingerprint density at radius 3 is 2.79 bits per heavy atom. The van der Waals surface area contributed by atoms with E-state index in [2.05, 4.69) is 32.3 Å². The predicted molar refractivity (Wildman–Crippen MR) is 78.6 cm³/mol. The van der Waals surface area contributed by atoms with E-state index in [-0.39, 0.29) is 5.82 Å². The average molecular weight is 323 g/mol. The number of nitrogens with one attached hydrogen (secondary N) is 1. The second-order valence-corrected chi connectivity index (χ2v) is 5.35. The maximum atomic E-state index is 13.1. The minimum atomic E-state index is -0.219. The summed E-state index contributed by atoms with van der Waals surface area (Å²) in [5, 5.41) is 3.30. The molecule has 1 aromatic heterocycles. The van der Waals surface area contributed by atoms with Crippen LogP contribution in [0.4, 0.5) is 4.39 Å². The molecule has 4 heteroatoms. The van der Waals surface area contributed by atoms with Gasteiger partial charge < -0.3 is 5.32 Å². The number of likely N-dealkylation sites (N-methyl/N-ethyl adjacent to an activating group) is 1. The smallest absolute Gasteiger partial charge is 0.124 e. The second-order valence-electron chi connectivity index (χ2n) is 4.49. The Bertz CT molecular complexity index is 531. The molecule has 0 bridgehead atoms. The third-order valence-corrected chi connectivity index (χ3v) is 3.83. The molecule has 100 valence electrons. The third-order valence-electron chi connectivity index (χ3n) is 3.09. The van der Waals surface area contributed by atoms with Crippen LogP contribution in [0.2, 0.25) is 0 Å². The lowest BCUT2D eigenvalue weighted by Gasteiger charge is -2.17. The molecule has 2 aromatic rings. The van der Waals surface area contributed by atoms with E-state index in [9.17, 15) is 4.39 Å². The van der Waals surface area contributed by atoms with Crippen LogP contribution in [0.25, 0.3) is 0 Å². The Kier molecular flexibility index (Phi) is 5.05. The summed E-state index contributed by atoms with van der Waals surface area (Å²) in [6, 6.07) is 9.13. The number of halogens is 2. The summed E-state index contributed by atoms with van der Waals surface area (Å²) in [6.45, 7) is 0. The SMILES string of the molecule is CNC(Cc1cccnc1)Cc1ccc(F)cc1Br. The lowest BCUT2D eigenvalue weighted by atomic mass is 10.00. The normalized spacial score (nSPS) is 12.4. The maximum Gasteiger partial charge on any atom is 0.124 e. The number of aromatic nitrogens is 1. The van der Waals surface area contributed by atoms with Crippen LogP contribution in [0.15, 0.2) is 47.2 Å². The minimum Gasteiger partial charge on any atom is -0.316 e. The predicted octanol–water partition coefficient (Wildman–Crippen LogP) is 3.36. The van der Waals surface area contributed by atoms with E-state index in [1.54, 1.807) is 6.20 Å². The highest BCUT2D eigenvalue weighted by molar-refractivity contribution is 9.10. The Hall–Kier alpha value is -1.26. The van der Waals surface area contributed by atoms with Crippen molar-refractivity contribution in [3.05, 3.63) is 64.1 Å². The zero-order valence-electron chi connectivity index (χ0n) is 10.7. The van der Waals surface area contributed by atoms with Crippen molar-refractivity contribution >= 4 is 15.9 Å². The highest BCUT2D eigenvalue weighted by atomic mass is 79.9. The number of benzene rings is 1. The van der Waals surface area contributed by atoms with E-state index >= 15 is 0 Å². The summed E-state index contributed by atoms with van der Waals surface area (Å²) < 4.78 is 13.9. The first-order chi connectivity index (χ1) is 9.19. The molecule has 1 atom stereocenters. The van der Waals surface area contributed by atoms with Gasteiger partial charge in [0.05, 0.1) is 0 Å². The largest absolute Gasteiger partial charge is 0.316 e. The monoisotopic (exact) mass is 322 g/mol. The molecule has 0 aliphatic rings. The lowest BCUT2D eigenvalue weighted by molar-refractivity contribution is 0.553. The molecular formula is C15H16BrFN2. The van der Waals surface area contributed by atoms with Crippen LogP contribution in [-0.4, -0.2) is 18.1 Å². The number of hydrogen-bond acceptors (Lipinski definition) is 2. The highest BCUT2D eigenvalue weighted by Gasteiger charge is 2.11. The fourth-order valence-electron chi connectivity index (χ4n) is 2.03. The van der Waals surface area contributed by atoms with Gasteiger partial charge in [-0.25, -0.2) is 4.39 Å². The standard InChI is InChI=1S/C15H16BrFN2/c1-18-14(7-11-3-2-6-19-10-11)8-12-4-5-13(17)9-15(12)16/h2-6,9-10,14,18H,7-8H2,1H3. The zero-order chi connectivity index (χ0) is 13.7. The molecule has 2 nitrogen and oxygen atoms in total. The van der Waals surface area contributed by atoms with Crippen molar-refractivity contribution in [2.45, 2.75) is 18.9 Å². The van der Waals surface area contributed by atoms with E-state index in [0.717, 1.165) is 22.9 Å². The van der Waals surface area contributed by atoms with E-state index in [1.807, 2.05) is 25.4 Å². The van der Waals surface area contributed by atoms with E-state index < -0.39 is 0 Å². The summed E-state index contributed by atoms with van der Waals surface area (Å²) >= 11 is 3.41. The second kappa shape index (κ2) is 6.78. The summed E-state index contributed by atoms with van der Waals surface area (Å²) in [6.07, 6.45) is 5.39. The van der Waals surface area contributed by atoms with Crippen molar-refractivity contribution in [1.82, 2.24) is 10.3 Å². The summed E-state index contributed by atoms with van der Waals surface area (Å²) in [5.41, 5.74) is 2.30. The van der Waals surface area contributed by atoms with Gasteiger partial charge >= 0.3 is 0 Å². The van der Waals surface area contributed by atoms with Gasteiger partial charge in [0, 0.05) is 22.9 Å². The number of nitrogens with zero attached hydrogens (tertiary/aromatic N) is 1. The van der Waals surface area contributed by atoms with Gasteiger partial charge in [0.25, 0.3) is 0 Å². The molecule has 1 N–H and O–H groups in total. The van der Waals surface area contributed by atoms with Crippen LogP contribution in [-0.2, 0) is 12.8 Å². The van der Waals surface area contributed by atoms with Gasteiger partial charge in [0.2, 0.25) is 0 Å². The topological polar surface area (TPSA) is 24.9 Å². The molecule has 19 heavy (non-hydrogen) atoms. The van der Waals surface area contributed by atoms with Crippen LogP contribution in [0.1, 0.15) is 11.1 Å². The summed E-state index contributed by atoms with van der Waals surface area (Å²) in [7, 11) is 1.94. The molecule has 0 amide bonds. The van der Waals surface area contributed by atoms with Gasteiger partial charge in [0.15, 0.2) is 0 Å². The first-order valence-corrected chi connectivity index (χ1v) is 6.98. The number of pyridine rings is 1. The average Bonchev–Trinajstić information content (AvgIpc) is 2.42. The van der Waals surface area contributed by atoms with Crippen LogP contribution in [0.3, 0.4) is 0 Å². The van der Waals surface area contributed by atoms with Gasteiger partial charge in [-0.05, 0) is 49.2 Å². The zero-order valence-corrected chi connectivity index (χ0v) is 12.3. The van der Waals surface area contributed by atoms with Gasteiger partial charge in [0.1, 0.15) is 5.82 Å². The Labute approximate surface area is 121 Å². The Morgan fingerprint density at radius 1 is 1.32 bits per heavy atom. The van der Waals surface area contributed by atoms with Crippen LogP contribution in [0, 0.1) is 5.82 Å². The van der Waals surface area contributed by atoms with Crippen molar-refractivity contribution in [2.24, 2.45) is 0 Å². The number of hydrogen-bond donors (Lipinski definition) is 1.